The summed E-state index contributed by atoms with van der Waals surface area (Å²) in [5.74, 6) is 0. The second-order valence-electron chi connectivity index (χ2n) is 1.06. The molecule has 6 heavy (non-hydrogen) atoms. The van der Waals surface area contributed by atoms with Crippen LogP contribution in [-0.2, 0) is 0 Å². The largest absolute Gasteiger partial charge is 1.00 e. The van der Waals surface area contributed by atoms with Crippen LogP contribution in [0.4, 0.5) is 0 Å². The Hall–Kier alpha value is 6.26. The molecular weight excluding hydrogens is 216 g/mol. The topological polar surface area (TPSA) is 31.5 Å². The summed E-state index contributed by atoms with van der Waals surface area (Å²) >= 11 is 5.25. The van der Waals surface area contributed by atoms with Crippen LogP contribution in [0.25, 0.3) is 0 Å². The van der Waals surface area contributed by atoms with E-state index in [0.717, 1.165) is 0 Å². The van der Waals surface area contributed by atoms with Crippen molar-refractivity contribution in [3.8, 4) is 0 Å². The van der Waals surface area contributed by atoms with E-state index in [-0.39, 0.29) is 8.33 Å². The second kappa shape index (κ2) is 13.8. The number of hydrogen-bond acceptors (Lipinski definition) is 0. The molecule has 2 N–H and O–H groups in total. The molecule has 0 aliphatic rings. The van der Waals surface area contributed by atoms with Crippen LogP contribution in [0.5, 0.6) is 0 Å². The van der Waals surface area contributed by atoms with Gasteiger partial charge in [0.15, 0.2) is 0 Å². The summed E-state index contributed by atoms with van der Waals surface area (Å²) in [5, 5.41) is 0. The molecule has 0 atom stereocenters. The van der Waals surface area contributed by atoms with Crippen molar-refractivity contribution >= 4 is 94.3 Å². The van der Waals surface area contributed by atoms with Crippen molar-refractivity contribution in [3.63, 3.8) is 0 Å². The summed E-state index contributed by atoms with van der Waals surface area (Å²) in [5.41, 5.74) is 0. The van der Waals surface area contributed by atoms with Crippen LogP contribution in [0, 0.1) is 0 Å². The fourth-order valence-electron chi connectivity index (χ4n) is 0.177. The Labute approximate surface area is 96.0 Å². The third-order valence-electron chi connectivity index (χ3n) is 0.500. The predicted molar refractivity (Wildman–Crippen MR) is 34.6 cm³/mol. The van der Waals surface area contributed by atoms with E-state index in [9.17, 15) is 0 Å². The normalized spacial score (nSPS) is 3.33. The zero-order chi connectivity index (χ0) is 4.12. The van der Waals surface area contributed by atoms with E-state index < -0.39 is 0 Å². The van der Waals surface area contributed by atoms with Crippen molar-refractivity contribution in [2.45, 2.75) is 0 Å². The monoisotopic (exact) mass is 220 g/mol. The van der Waals surface area contributed by atoms with Crippen molar-refractivity contribution in [1.82, 2.24) is 0 Å². The average molecular weight is 220 g/mol. The minimum absolute atomic E-state index is 0. The fourth-order valence-corrected chi connectivity index (χ4v) is 211. The molecule has 0 amide bonds. The first-order valence-electron chi connectivity index (χ1n) is 2.00. The van der Waals surface area contributed by atoms with Crippen molar-refractivity contribution in [2.75, 3.05) is 0 Å². The first-order valence-corrected chi connectivity index (χ1v) is 34.0. The van der Waals surface area contributed by atoms with Crippen molar-refractivity contribution < 1.29 is 8.33 Å². The predicted octanol–water partition coefficient (Wildman–Crippen LogP) is -2.50. The Kier molecular flexibility index (Phi) is 34.0. The van der Waals surface area contributed by atoms with Gasteiger partial charge in [-0.25, -0.2) is 0 Å². The van der Waals surface area contributed by atoms with Gasteiger partial charge < -0.3 is 8.33 Å². The quantitative estimate of drug-likeness (QED) is 0.461. The molecule has 0 aromatic heterocycles. The summed E-state index contributed by atoms with van der Waals surface area (Å²) < 4.78 is 0. The molecule has 0 heterocycles. The van der Waals surface area contributed by atoms with Crippen LogP contribution in [0.1, 0.15) is 2.85 Å². The molecule has 0 aromatic carbocycles. The van der Waals surface area contributed by atoms with Gasteiger partial charge in [0, 0.05) is 0 Å². The van der Waals surface area contributed by atoms with Gasteiger partial charge in [-0.2, -0.15) is 0 Å². The first-order chi connectivity index (χ1) is 2.41. The average Bonchev–Trinajstić information content (AvgIpc) is 1.41. The summed E-state index contributed by atoms with van der Waals surface area (Å²) in [6, 6.07) is 0. The standard InChI is InChI=1S/5Ca.H2O.2H/h;;;;;1H2;;/q;;;2*+1;;2*-1. The Morgan fingerprint density at radius 3 is 1.50 bits per heavy atom. The Bertz CT molecular complexity index is 17.9. The minimum Gasteiger partial charge on any atom is -1.00 e. The molecule has 1 nitrogen and oxygen atoms in total. The van der Waals surface area contributed by atoms with E-state index in [1.54, 1.807) is 0 Å². The SMILES string of the molecule is O.[Ca+][Ca][Ca][Ca][Ca+].[H-].[H-]. The fraction of sp³-hybridized carbons (Fsp3) is 0. The Balaban J connectivity index is -0.0000000267. The van der Waals surface area contributed by atoms with Gasteiger partial charge in [-0.05, 0) is 0 Å². The van der Waals surface area contributed by atoms with Crippen LogP contribution < -0.4 is 0 Å². The van der Waals surface area contributed by atoms with Gasteiger partial charge in [-0.3, -0.25) is 0 Å². The van der Waals surface area contributed by atoms with Gasteiger partial charge in [0.05, 0.1) is 0 Å². The van der Waals surface area contributed by atoms with Crippen LogP contribution in [0.2, 0.25) is 0 Å². The third kappa shape index (κ3) is 12.9. The summed E-state index contributed by atoms with van der Waals surface area (Å²) in [7, 11) is 0. The molecule has 0 rings (SSSR count). The van der Waals surface area contributed by atoms with Crippen molar-refractivity contribution in [3.05, 3.63) is 0 Å². The number of hydrogen-bond donors (Lipinski definition) is 0. The maximum absolute atomic E-state index is 1.82. The van der Waals surface area contributed by atoms with E-state index in [1.807, 2.05) is 51.9 Å². The molecule has 0 saturated heterocycles. The zero-order valence-corrected chi connectivity index (χ0v) is 15.1. The molecule has 0 radical (unpaired) electrons. The maximum Gasteiger partial charge on any atom is -1.00 e. The van der Waals surface area contributed by atoms with Gasteiger partial charge in [0.2, 0.25) is 0 Å². The summed E-state index contributed by atoms with van der Waals surface area (Å²) in [4.78, 5) is 0. The van der Waals surface area contributed by atoms with E-state index in [0.29, 0.717) is 42.4 Å². The molecule has 0 unspecified atom stereocenters. The van der Waals surface area contributed by atoms with Gasteiger partial charge in [0.1, 0.15) is 0 Å². The second-order valence-corrected chi connectivity index (χ2v) is 74.3. The molecule has 0 aliphatic carbocycles. The van der Waals surface area contributed by atoms with Crippen LogP contribution in [0.15, 0.2) is 0 Å². The van der Waals surface area contributed by atoms with Gasteiger partial charge in [-0.1, -0.05) is 0 Å². The Morgan fingerprint density at radius 1 is 1.17 bits per heavy atom. The zero-order valence-electron chi connectivity index (χ0n) is 6.04. The van der Waals surface area contributed by atoms with Gasteiger partial charge in [-0.15, -0.1) is 0 Å². The van der Waals surface area contributed by atoms with Crippen LogP contribution >= 0.6 is 0 Å². The van der Waals surface area contributed by atoms with Gasteiger partial charge in [0.25, 0.3) is 0 Å². The van der Waals surface area contributed by atoms with E-state index in [2.05, 4.69) is 0 Å². The van der Waals surface area contributed by atoms with E-state index in [4.69, 9.17) is 0 Å². The van der Waals surface area contributed by atoms with Crippen LogP contribution in [-0.4, -0.2) is 99.8 Å². The first kappa shape index (κ1) is 14.8. The minimum atomic E-state index is 0. The Morgan fingerprint density at radius 2 is 1.50 bits per heavy atom. The molecular formula is H4Ca5O. The van der Waals surface area contributed by atoms with Crippen molar-refractivity contribution in [1.29, 1.82) is 0 Å². The van der Waals surface area contributed by atoms with E-state index in [1.165, 1.54) is 0 Å². The smallest absolute Gasteiger partial charge is 1.00 e. The summed E-state index contributed by atoms with van der Waals surface area (Å²) in [6.45, 7) is 0. The molecule has 0 bridgehead atoms. The molecule has 0 saturated carbocycles. The molecule has 0 spiro atoms. The molecule has 6 heteroatoms. The molecule has 0 aromatic rings. The molecule has 0 aliphatic heterocycles. The number of rotatable bonds is 2. The van der Waals surface area contributed by atoms with E-state index >= 15 is 0 Å². The van der Waals surface area contributed by atoms with Gasteiger partial charge >= 0.3 is 94.3 Å². The summed E-state index contributed by atoms with van der Waals surface area (Å²) in [6.07, 6.45) is 0. The van der Waals surface area contributed by atoms with Crippen molar-refractivity contribution in [2.24, 2.45) is 0 Å². The maximum atomic E-state index is 1.82. The molecule has 0 fully saturated rings. The van der Waals surface area contributed by atoms with Crippen LogP contribution in [0.3, 0.4) is 0 Å². The third-order valence-corrected chi connectivity index (χ3v) is 144. The molecule has 20 valence electrons.